The molecule has 1 aromatic carbocycles. The maximum absolute atomic E-state index is 10.4. The number of halogens is 1. The third-order valence-corrected chi connectivity index (χ3v) is 6.25. The van der Waals surface area contributed by atoms with Gasteiger partial charge in [0.25, 0.3) is 0 Å². The van der Waals surface area contributed by atoms with Crippen LogP contribution in [0.15, 0.2) is 47.8 Å². The van der Waals surface area contributed by atoms with Crippen LogP contribution >= 0.6 is 22.9 Å². The number of aliphatic hydroxyl groups excluding tert-OH is 4. The molecule has 0 saturated carbocycles. The molecule has 2 aromatic heterocycles. The van der Waals surface area contributed by atoms with Gasteiger partial charge < -0.3 is 29.9 Å². The van der Waals surface area contributed by atoms with E-state index >= 15 is 0 Å². The smallest absolute Gasteiger partial charge is 0.235 e. The predicted molar refractivity (Wildman–Crippen MR) is 117 cm³/mol. The molecule has 0 aliphatic carbocycles. The van der Waals surface area contributed by atoms with E-state index in [1.807, 2.05) is 17.5 Å². The van der Waals surface area contributed by atoms with Crippen molar-refractivity contribution in [1.29, 1.82) is 5.26 Å². The topological polar surface area (TPSA) is 136 Å². The third-order valence-electron chi connectivity index (χ3n) is 5.10. The summed E-state index contributed by atoms with van der Waals surface area (Å²) >= 11 is 7.45. The molecule has 1 aliphatic heterocycles. The number of thiophene rings is 1. The van der Waals surface area contributed by atoms with Gasteiger partial charge in [0, 0.05) is 10.6 Å². The summed E-state index contributed by atoms with van der Waals surface area (Å²) in [6.07, 6.45) is -7.40. The molecule has 8 nitrogen and oxygen atoms in total. The highest BCUT2D eigenvalue weighted by Gasteiger charge is 2.45. The Morgan fingerprint density at radius 1 is 1.12 bits per heavy atom. The van der Waals surface area contributed by atoms with E-state index in [-0.39, 0.29) is 11.4 Å². The minimum atomic E-state index is -1.63. The van der Waals surface area contributed by atoms with Crippen molar-refractivity contribution in [3.63, 3.8) is 0 Å². The molecule has 0 spiro atoms. The van der Waals surface area contributed by atoms with Crippen molar-refractivity contribution < 1.29 is 29.9 Å². The summed E-state index contributed by atoms with van der Waals surface area (Å²) in [6, 6.07) is 14.5. The molecule has 32 heavy (non-hydrogen) atoms. The highest BCUT2D eigenvalue weighted by molar-refractivity contribution is 7.13. The van der Waals surface area contributed by atoms with E-state index in [4.69, 9.17) is 21.1 Å². The second-order valence-electron chi connectivity index (χ2n) is 7.15. The van der Waals surface area contributed by atoms with Crippen LogP contribution in [0.5, 0.6) is 5.88 Å². The number of nitrogens with zero attached hydrogens (tertiary/aromatic N) is 2. The normalized spacial score (nSPS) is 25.3. The average Bonchev–Trinajstić information content (AvgIpc) is 3.34. The van der Waals surface area contributed by atoms with Crippen LogP contribution < -0.4 is 4.74 Å². The maximum Gasteiger partial charge on any atom is 0.235 e. The summed E-state index contributed by atoms with van der Waals surface area (Å²) in [5, 5.41) is 52.2. The van der Waals surface area contributed by atoms with Crippen LogP contribution in [0.3, 0.4) is 0 Å². The Balaban J connectivity index is 1.80. The van der Waals surface area contributed by atoms with Crippen LogP contribution in [0.25, 0.3) is 21.7 Å². The highest BCUT2D eigenvalue weighted by atomic mass is 35.5. The van der Waals surface area contributed by atoms with Crippen LogP contribution in [-0.2, 0) is 4.74 Å². The molecule has 0 radical (unpaired) electrons. The highest BCUT2D eigenvalue weighted by Crippen LogP contribution is 2.36. The fourth-order valence-corrected chi connectivity index (χ4v) is 4.21. The number of benzene rings is 1. The summed E-state index contributed by atoms with van der Waals surface area (Å²) < 4.78 is 11.2. The molecule has 1 aliphatic rings. The molecule has 3 aromatic rings. The van der Waals surface area contributed by atoms with Crippen LogP contribution in [-0.4, -0.2) is 62.7 Å². The Morgan fingerprint density at radius 2 is 1.88 bits per heavy atom. The largest absolute Gasteiger partial charge is 0.444 e. The average molecular weight is 475 g/mol. The van der Waals surface area contributed by atoms with Gasteiger partial charge in [0.15, 0.2) is 0 Å². The van der Waals surface area contributed by atoms with Crippen molar-refractivity contribution >= 4 is 22.9 Å². The lowest BCUT2D eigenvalue weighted by Crippen LogP contribution is -2.60. The van der Waals surface area contributed by atoms with Crippen LogP contribution in [0, 0.1) is 11.3 Å². The Hall–Kier alpha value is -2.55. The van der Waals surface area contributed by atoms with Crippen LogP contribution in [0.4, 0.5) is 0 Å². The van der Waals surface area contributed by atoms with Crippen molar-refractivity contribution in [2.24, 2.45) is 0 Å². The van der Waals surface area contributed by atoms with Crippen molar-refractivity contribution in [3.8, 4) is 33.6 Å². The Morgan fingerprint density at radius 3 is 2.50 bits per heavy atom. The summed E-state index contributed by atoms with van der Waals surface area (Å²) in [5.41, 5.74) is 1.85. The second-order valence-corrected chi connectivity index (χ2v) is 8.53. The lowest BCUT2D eigenvalue weighted by atomic mass is 9.99. The van der Waals surface area contributed by atoms with Crippen molar-refractivity contribution in [2.75, 3.05) is 6.61 Å². The molecule has 0 unspecified atom stereocenters. The minimum Gasteiger partial charge on any atom is -0.444 e. The zero-order valence-corrected chi connectivity index (χ0v) is 18.1. The van der Waals surface area contributed by atoms with Crippen LogP contribution in [0.1, 0.15) is 5.56 Å². The number of aliphatic hydroxyl groups is 4. The first kappa shape index (κ1) is 22.6. The fraction of sp³-hybridized carbons (Fsp3) is 0.273. The molecular formula is C22H19ClN2O6S. The fourth-order valence-electron chi connectivity index (χ4n) is 3.40. The van der Waals surface area contributed by atoms with Crippen molar-refractivity contribution in [1.82, 2.24) is 4.98 Å². The Labute approximate surface area is 192 Å². The lowest BCUT2D eigenvalue weighted by molar-refractivity contribution is -0.278. The molecule has 4 N–H and O–H groups in total. The van der Waals surface area contributed by atoms with Gasteiger partial charge in [0.05, 0.1) is 17.2 Å². The maximum atomic E-state index is 10.4. The SMILES string of the molecule is N#Cc1c(-c2ccc(Cl)cc2)cc(-c2cccs2)nc1O[C@@H]1O[C@H](CO)[C@H](O)[C@H](O)[C@H]1O. The van der Waals surface area contributed by atoms with E-state index in [1.54, 1.807) is 30.3 Å². The first-order valence-electron chi connectivity index (χ1n) is 9.65. The molecule has 5 atom stereocenters. The van der Waals surface area contributed by atoms with Gasteiger partial charge in [-0.1, -0.05) is 29.8 Å². The molecule has 166 valence electrons. The summed E-state index contributed by atoms with van der Waals surface area (Å²) in [4.78, 5) is 5.28. The van der Waals surface area contributed by atoms with Crippen LogP contribution in [0.2, 0.25) is 5.02 Å². The zero-order valence-electron chi connectivity index (χ0n) is 16.5. The van der Waals surface area contributed by atoms with Gasteiger partial charge in [0.2, 0.25) is 12.2 Å². The number of nitriles is 1. The standard InChI is InChI=1S/C22H19ClN2O6S/c23-12-5-3-11(4-6-12)13-8-15(17-2-1-7-32-17)25-21(14(13)9-24)31-22-20(29)19(28)18(27)16(10-26)30-22/h1-8,16,18-20,22,26-29H,10H2/t16-,18+,19+,20-,22+/m1/s1. The molecule has 4 rings (SSSR count). The second kappa shape index (κ2) is 9.52. The molecule has 0 bridgehead atoms. The third kappa shape index (κ3) is 4.35. The number of hydrogen-bond donors (Lipinski definition) is 4. The molecule has 1 fully saturated rings. The Kier molecular flexibility index (Phi) is 6.74. The first-order valence-corrected chi connectivity index (χ1v) is 10.9. The van der Waals surface area contributed by atoms with Gasteiger partial charge in [-0.05, 0) is 35.2 Å². The van der Waals surface area contributed by atoms with Crippen molar-refractivity contribution in [3.05, 3.63) is 58.4 Å². The summed E-state index contributed by atoms with van der Waals surface area (Å²) in [7, 11) is 0. The van der Waals surface area contributed by atoms with E-state index in [9.17, 15) is 25.7 Å². The van der Waals surface area contributed by atoms with Gasteiger partial charge in [-0.25, -0.2) is 4.98 Å². The number of hydrogen-bond acceptors (Lipinski definition) is 9. The quantitative estimate of drug-likeness (QED) is 0.441. The van der Waals surface area contributed by atoms with Gasteiger partial charge in [-0.15, -0.1) is 11.3 Å². The van der Waals surface area contributed by atoms with E-state index in [1.165, 1.54) is 11.3 Å². The molecule has 3 heterocycles. The van der Waals surface area contributed by atoms with Gasteiger partial charge in [-0.2, -0.15) is 5.26 Å². The van der Waals surface area contributed by atoms with Gasteiger partial charge >= 0.3 is 0 Å². The number of aromatic nitrogens is 1. The van der Waals surface area contributed by atoms with E-state index in [0.717, 1.165) is 4.88 Å². The Bertz CT molecular complexity index is 1120. The molecular weight excluding hydrogens is 456 g/mol. The summed E-state index contributed by atoms with van der Waals surface area (Å²) in [5.74, 6) is -0.118. The number of pyridine rings is 1. The first-order chi connectivity index (χ1) is 15.4. The lowest BCUT2D eigenvalue weighted by Gasteiger charge is -2.39. The number of ether oxygens (including phenoxy) is 2. The molecule has 0 amide bonds. The monoisotopic (exact) mass is 474 g/mol. The van der Waals surface area contributed by atoms with E-state index in [2.05, 4.69) is 11.1 Å². The van der Waals surface area contributed by atoms with Crippen molar-refractivity contribution in [2.45, 2.75) is 30.7 Å². The van der Waals surface area contributed by atoms with E-state index in [0.29, 0.717) is 21.8 Å². The van der Waals surface area contributed by atoms with Gasteiger partial charge in [-0.3, -0.25) is 0 Å². The van der Waals surface area contributed by atoms with Gasteiger partial charge in [0.1, 0.15) is 36.0 Å². The molecule has 10 heteroatoms. The predicted octanol–water partition coefficient (Wildman–Crippen LogP) is 2.18. The number of rotatable bonds is 5. The molecule has 1 saturated heterocycles. The summed E-state index contributed by atoms with van der Waals surface area (Å²) in [6.45, 7) is -0.603. The zero-order chi connectivity index (χ0) is 22.8. The minimum absolute atomic E-state index is 0.0876. The van der Waals surface area contributed by atoms with E-state index < -0.39 is 37.3 Å².